The molecule has 2 aliphatic rings. The highest BCUT2D eigenvalue weighted by atomic mass is 28.4. The lowest BCUT2D eigenvalue weighted by Gasteiger charge is -2.43. The van der Waals surface area contributed by atoms with Gasteiger partial charge in [-0.05, 0) is 36.3 Å². The van der Waals surface area contributed by atoms with Gasteiger partial charge >= 0.3 is 5.69 Å². The summed E-state index contributed by atoms with van der Waals surface area (Å²) >= 11 is 0. The molecule has 4 atom stereocenters. The van der Waals surface area contributed by atoms with Crippen molar-refractivity contribution in [1.29, 1.82) is 0 Å². The molecule has 0 radical (unpaired) electrons. The first kappa shape index (κ1) is 24.6. The van der Waals surface area contributed by atoms with E-state index in [4.69, 9.17) is 18.3 Å². The first-order valence-corrected chi connectivity index (χ1v) is 16.7. The van der Waals surface area contributed by atoms with Crippen LogP contribution in [0.15, 0.2) is 21.9 Å². The molecular formula is C21H38N2O6Si2. The number of epoxide rings is 1. The third-order valence-electron chi connectivity index (χ3n) is 7.35. The van der Waals surface area contributed by atoms with E-state index in [0.717, 1.165) is 0 Å². The molecule has 0 aliphatic carbocycles. The van der Waals surface area contributed by atoms with Crippen LogP contribution < -0.4 is 11.2 Å². The lowest BCUT2D eigenvalue weighted by atomic mass is 10.1. The van der Waals surface area contributed by atoms with E-state index in [2.05, 4.69) is 72.7 Å². The lowest BCUT2D eigenvalue weighted by molar-refractivity contribution is -0.0978. The largest absolute Gasteiger partial charge is 0.406 e. The minimum atomic E-state index is -2.26. The molecule has 1 aromatic heterocycles. The summed E-state index contributed by atoms with van der Waals surface area (Å²) in [6, 6.07) is 1.32. The zero-order valence-electron chi connectivity index (χ0n) is 20.5. The van der Waals surface area contributed by atoms with Gasteiger partial charge in [0.25, 0.3) is 5.56 Å². The van der Waals surface area contributed by atoms with Crippen LogP contribution in [0.4, 0.5) is 0 Å². The minimum Gasteiger partial charge on any atom is -0.406 e. The molecule has 0 saturated carbocycles. The average Bonchev–Trinajstić information content (AvgIpc) is 3.29. The molecule has 176 valence electrons. The molecule has 8 nitrogen and oxygen atoms in total. The van der Waals surface area contributed by atoms with Gasteiger partial charge in [-0.15, -0.1) is 0 Å². The van der Waals surface area contributed by atoms with Crippen molar-refractivity contribution in [2.45, 2.75) is 102 Å². The van der Waals surface area contributed by atoms with Crippen molar-refractivity contribution in [2.24, 2.45) is 0 Å². The van der Waals surface area contributed by atoms with E-state index in [1.54, 1.807) is 0 Å². The molecule has 1 spiro atoms. The third kappa shape index (κ3) is 4.56. The fourth-order valence-electron chi connectivity index (χ4n) is 3.17. The Kier molecular flexibility index (Phi) is 5.94. The molecule has 1 N–H and O–H groups in total. The quantitative estimate of drug-likeness (QED) is 0.522. The van der Waals surface area contributed by atoms with E-state index in [1.807, 2.05) is 0 Å². The normalized spacial score (nSPS) is 29.5. The molecule has 10 heteroatoms. The Labute approximate surface area is 186 Å². The first-order valence-electron chi connectivity index (χ1n) is 10.9. The third-order valence-corrected chi connectivity index (χ3v) is 16.3. The molecule has 3 heterocycles. The fraction of sp³-hybridized carbons (Fsp3) is 0.810. The first-order chi connectivity index (χ1) is 13.9. The summed E-state index contributed by atoms with van der Waals surface area (Å²) in [5.41, 5.74) is -0.988. The molecule has 1 aromatic rings. The summed E-state index contributed by atoms with van der Waals surface area (Å²) in [6.07, 6.45) is -0.304. The summed E-state index contributed by atoms with van der Waals surface area (Å²) in [6.45, 7) is 22.2. The van der Waals surface area contributed by atoms with Gasteiger partial charge in [0.05, 0.1) is 0 Å². The van der Waals surface area contributed by atoms with Crippen LogP contribution in [0, 0.1) is 0 Å². The van der Waals surface area contributed by atoms with Crippen molar-refractivity contribution in [2.75, 3.05) is 6.61 Å². The van der Waals surface area contributed by atoms with Crippen molar-refractivity contribution in [1.82, 2.24) is 9.55 Å². The van der Waals surface area contributed by atoms with Gasteiger partial charge in [-0.25, -0.2) is 4.79 Å². The Balaban J connectivity index is 2.07. The smallest absolute Gasteiger partial charge is 0.330 e. The van der Waals surface area contributed by atoms with Crippen LogP contribution in [0.1, 0.15) is 47.8 Å². The van der Waals surface area contributed by atoms with E-state index in [0.29, 0.717) is 6.61 Å². The van der Waals surface area contributed by atoms with Crippen LogP contribution >= 0.6 is 0 Å². The molecule has 3 rings (SSSR count). The highest BCUT2D eigenvalue weighted by molar-refractivity contribution is 6.74. The summed E-state index contributed by atoms with van der Waals surface area (Å²) in [4.78, 5) is 26.6. The Morgan fingerprint density at radius 3 is 2.00 bits per heavy atom. The topological polar surface area (TPSA) is 95.1 Å². The Hall–Kier alpha value is -1.05. The summed E-state index contributed by atoms with van der Waals surface area (Å²) in [7, 11) is -4.46. The van der Waals surface area contributed by atoms with Crippen molar-refractivity contribution in [3.05, 3.63) is 33.1 Å². The van der Waals surface area contributed by atoms with E-state index >= 15 is 0 Å². The number of H-pyrrole nitrogens is 1. The zero-order valence-corrected chi connectivity index (χ0v) is 22.5. The van der Waals surface area contributed by atoms with Gasteiger partial charge in [0.2, 0.25) is 5.79 Å². The van der Waals surface area contributed by atoms with Gasteiger partial charge in [-0.1, -0.05) is 41.5 Å². The van der Waals surface area contributed by atoms with Crippen molar-refractivity contribution < 1.29 is 18.3 Å². The second-order valence-electron chi connectivity index (χ2n) is 11.8. The van der Waals surface area contributed by atoms with Gasteiger partial charge in [0, 0.05) is 12.3 Å². The molecule has 2 saturated heterocycles. The van der Waals surface area contributed by atoms with E-state index in [9.17, 15) is 9.59 Å². The van der Waals surface area contributed by atoms with Gasteiger partial charge in [-0.2, -0.15) is 0 Å². The molecule has 2 fully saturated rings. The summed E-state index contributed by atoms with van der Waals surface area (Å²) in [5, 5.41) is -0.0628. The molecule has 2 aliphatic heterocycles. The number of rotatable bonds is 5. The lowest BCUT2D eigenvalue weighted by Crippen LogP contribution is -2.54. The SMILES string of the molecule is CC(C)(C)[Si](C)(C)O[C@H]1[C@H](n2ccc(=O)[nH]c2=O)O[C@@]2(CO2)[C@H]1O[Si](C)(C)C(C)(C)C. The fourth-order valence-corrected chi connectivity index (χ4v) is 5.75. The maximum Gasteiger partial charge on any atom is 0.330 e. The number of nitrogens with zero attached hydrogens (tertiary/aromatic N) is 1. The maximum absolute atomic E-state index is 12.6. The summed E-state index contributed by atoms with van der Waals surface area (Å²) < 4.78 is 27.2. The maximum atomic E-state index is 12.6. The standard InChI is InChI=1S/C21H38N2O6Si2/c1-19(2,3)30(7,8)28-15-16(29-31(9,10)20(4,5)6)21(13-26-21)27-17(15)23-12-11-14(24)22-18(23)25/h11-12,15-17H,13H2,1-10H3,(H,22,24,25)/t15-,16+,17-,21+/m1/s1. The number of nitrogens with one attached hydrogen (secondary N) is 1. The predicted molar refractivity (Wildman–Crippen MR) is 124 cm³/mol. The van der Waals surface area contributed by atoms with E-state index in [1.165, 1.54) is 16.8 Å². The highest BCUT2D eigenvalue weighted by Gasteiger charge is 2.68. The highest BCUT2D eigenvalue weighted by Crippen LogP contribution is 2.53. The molecule has 0 aromatic carbocycles. The summed E-state index contributed by atoms with van der Waals surface area (Å²) in [5.74, 6) is -0.928. The van der Waals surface area contributed by atoms with Crippen LogP contribution in [-0.4, -0.2) is 50.8 Å². The number of hydrogen-bond donors (Lipinski definition) is 1. The van der Waals surface area contributed by atoms with E-state index in [-0.39, 0.29) is 10.1 Å². The number of ether oxygens (including phenoxy) is 2. The van der Waals surface area contributed by atoms with Crippen molar-refractivity contribution in [3.8, 4) is 0 Å². The van der Waals surface area contributed by atoms with Crippen LogP contribution in [0.5, 0.6) is 0 Å². The van der Waals surface area contributed by atoms with Gasteiger partial charge in [0.1, 0.15) is 18.8 Å². The van der Waals surface area contributed by atoms with Crippen LogP contribution in [0.2, 0.25) is 36.3 Å². The van der Waals surface area contributed by atoms with Crippen LogP contribution in [0.25, 0.3) is 0 Å². The van der Waals surface area contributed by atoms with Gasteiger partial charge in [0.15, 0.2) is 22.9 Å². The second-order valence-corrected chi connectivity index (χ2v) is 21.3. The Morgan fingerprint density at radius 2 is 1.55 bits per heavy atom. The molecule has 31 heavy (non-hydrogen) atoms. The van der Waals surface area contributed by atoms with Crippen LogP contribution in [-0.2, 0) is 18.3 Å². The van der Waals surface area contributed by atoms with Crippen molar-refractivity contribution in [3.63, 3.8) is 0 Å². The van der Waals surface area contributed by atoms with Crippen LogP contribution in [0.3, 0.4) is 0 Å². The monoisotopic (exact) mass is 470 g/mol. The number of aromatic amines is 1. The average molecular weight is 471 g/mol. The predicted octanol–water partition coefficient (Wildman–Crippen LogP) is 3.57. The zero-order chi connectivity index (χ0) is 23.6. The van der Waals surface area contributed by atoms with Gasteiger partial charge < -0.3 is 18.3 Å². The molecule has 0 bridgehead atoms. The molecular weight excluding hydrogens is 432 g/mol. The minimum absolute atomic E-state index is 0.0164. The Bertz CT molecular complexity index is 937. The molecule has 0 amide bonds. The van der Waals surface area contributed by atoms with E-state index < -0.39 is 52.1 Å². The second kappa shape index (κ2) is 7.49. The van der Waals surface area contributed by atoms with Gasteiger partial charge in [-0.3, -0.25) is 14.3 Å². The number of hydrogen-bond acceptors (Lipinski definition) is 6. The molecule has 0 unspecified atom stereocenters. The van der Waals surface area contributed by atoms with Crippen molar-refractivity contribution >= 4 is 16.6 Å². The Morgan fingerprint density at radius 1 is 1.03 bits per heavy atom. The number of aromatic nitrogens is 2.